The van der Waals surface area contributed by atoms with Crippen LogP contribution in [0.3, 0.4) is 0 Å². The van der Waals surface area contributed by atoms with Crippen molar-refractivity contribution in [2.24, 2.45) is 5.73 Å². The third-order valence-corrected chi connectivity index (χ3v) is 3.12. The van der Waals surface area contributed by atoms with Crippen molar-refractivity contribution in [2.75, 3.05) is 6.61 Å². The van der Waals surface area contributed by atoms with E-state index < -0.39 is 0 Å². The topological polar surface area (TPSA) is 48.1 Å². The zero-order valence-corrected chi connectivity index (χ0v) is 11.8. The minimum Gasteiger partial charge on any atom is -0.493 e. The molecule has 1 aromatic heterocycles. The first kappa shape index (κ1) is 14.5. The molecule has 20 heavy (non-hydrogen) atoms. The van der Waals surface area contributed by atoms with Gasteiger partial charge in [0.15, 0.2) is 0 Å². The largest absolute Gasteiger partial charge is 0.493 e. The van der Waals surface area contributed by atoms with Crippen molar-refractivity contribution in [2.45, 2.75) is 26.3 Å². The van der Waals surface area contributed by atoms with Crippen LogP contribution in [0.15, 0.2) is 36.5 Å². The molecule has 1 atom stereocenters. The van der Waals surface area contributed by atoms with Gasteiger partial charge in [-0.3, -0.25) is 4.98 Å². The SMILES string of the molecule is Cc1cc(OCCc2ccccn2)c(C(C)N)cc1F. The fourth-order valence-corrected chi connectivity index (χ4v) is 1.96. The number of halogens is 1. The van der Waals surface area contributed by atoms with E-state index in [9.17, 15) is 4.39 Å². The van der Waals surface area contributed by atoms with Gasteiger partial charge in [0.25, 0.3) is 0 Å². The third kappa shape index (κ3) is 3.54. The van der Waals surface area contributed by atoms with E-state index in [-0.39, 0.29) is 11.9 Å². The normalized spacial score (nSPS) is 12.2. The highest BCUT2D eigenvalue weighted by Gasteiger charge is 2.12. The van der Waals surface area contributed by atoms with Crippen LogP contribution in [-0.2, 0) is 6.42 Å². The lowest BCUT2D eigenvalue weighted by Gasteiger charge is -2.15. The first-order chi connectivity index (χ1) is 9.58. The first-order valence-electron chi connectivity index (χ1n) is 6.66. The molecule has 0 amide bonds. The molecule has 2 aromatic rings. The van der Waals surface area contributed by atoms with Gasteiger partial charge in [-0.15, -0.1) is 0 Å². The predicted octanol–water partition coefficient (Wildman–Crippen LogP) is 3.17. The van der Waals surface area contributed by atoms with E-state index in [1.807, 2.05) is 25.1 Å². The van der Waals surface area contributed by atoms with Crippen molar-refractivity contribution in [3.8, 4) is 5.75 Å². The molecule has 3 nitrogen and oxygen atoms in total. The number of aryl methyl sites for hydroxylation is 1. The summed E-state index contributed by atoms with van der Waals surface area (Å²) < 4.78 is 19.3. The van der Waals surface area contributed by atoms with Gasteiger partial charge in [-0.1, -0.05) is 6.07 Å². The monoisotopic (exact) mass is 274 g/mol. The van der Waals surface area contributed by atoms with Gasteiger partial charge in [-0.05, 0) is 43.7 Å². The van der Waals surface area contributed by atoms with Crippen LogP contribution < -0.4 is 10.5 Å². The van der Waals surface area contributed by atoms with Crippen LogP contribution >= 0.6 is 0 Å². The zero-order chi connectivity index (χ0) is 14.5. The molecular formula is C16H19FN2O. The average molecular weight is 274 g/mol. The molecule has 0 spiro atoms. The van der Waals surface area contributed by atoms with Crippen LogP contribution in [0.25, 0.3) is 0 Å². The lowest BCUT2D eigenvalue weighted by molar-refractivity contribution is 0.314. The molecule has 0 fully saturated rings. The summed E-state index contributed by atoms with van der Waals surface area (Å²) in [4.78, 5) is 4.23. The predicted molar refractivity (Wildman–Crippen MR) is 77.2 cm³/mol. The maximum atomic E-state index is 13.6. The molecule has 1 aromatic carbocycles. The summed E-state index contributed by atoms with van der Waals surface area (Å²) in [6.07, 6.45) is 2.46. The molecule has 0 bridgehead atoms. The van der Waals surface area contributed by atoms with E-state index in [0.29, 0.717) is 29.9 Å². The molecule has 0 radical (unpaired) electrons. The lowest BCUT2D eigenvalue weighted by Crippen LogP contribution is -2.11. The lowest BCUT2D eigenvalue weighted by atomic mass is 10.1. The van der Waals surface area contributed by atoms with Gasteiger partial charge < -0.3 is 10.5 Å². The maximum absolute atomic E-state index is 13.6. The summed E-state index contributed by atoms with van der Waals surface area (Å²) in [5, 5.41) is 0. The summed E-state index contributed by atoms with van der Waals surface area (Å²) in [6.45, 7) is 4.02. The minimum absolute atomic E-state index is 0.255. The molecule has 0 aliphatic carbocycles. The molecule has 0 saturated carbocycles. The highest BCUT2D eigenvalue weighted by Crippen LogP contribution is 2.27. The van der Waals surface area contributed by atoms with E-state index in [1.165, 1.54) is 6.07 Å². The molecule has 1 heterocycles. The zero-order valence-electron chi connectivity index (χ0n) is 11.8. The fourth-order valence-electron chi connectivity index (χ4n) is 1.96. The number of ether oxygens (including phenoxy) is 1. The third-order valence-electron chi connectivity index (χ3n) is 3.12. The second-order valence-corrected chi connectivity index (χ2v) is 4.85. The molecule has 0 aliphatic rings. The van der Waals surface area contributed by atoms with Crippen molar-refractivity contribution < 1.29 is 9.13 Å². The van der Waals surface area contributed by atoms with Crippen molar-refractivity contribution in [1.82, 2.24) is 4.98 Å². The average Bonchev–Trinajstić information content (AvgIpc) is 2.43. The van der Waals surface area contributed by atoms with Crippen LogP contribution in [0.2, 0.25) is 0 Å². The van der Waals surface area contributed by atoms with Gasteiger partial charge in [0.2, 0.25) is 0 Å². The number of pyridine rings is 1. The highest BCUT2D eigenvalue weighted by molar-refractivity contribution is 5.39. The van der Waals surface area contributed by atoms with Crippen LogP contribution in [0.4, 0.5) is 4.39 Å². The highest BCUT2D eigenvalue weighted by atomic mass is 19.1. The molecule has 0 saturated heterocycles. The van der Waals surface area contributed by atoms with Crippen molar-refractivity contribution in [3.05, 3.63) is 59.2 Å². The number of hydrogen-bond donors (Lipinski definition) is 1. The van der Waals surface area contributed by atoms with Crippen molar-refractivity contribution >= 4 is 0 Å². The van der Waals surface area contributed by atoms with Gasteiger partial charge in [-0.2, -0.15) is 0 Å². The Labute approximate surface area is 118 Å². The number of nitrogens with two attached hydrogens (primary N) is 1. The number of benzene rings is 1. The van der Waals surface area contributed by atoms with Crippen LogP contribution in [-0.4, -0.2) is 11.6 Å². The van der Waals surface area contributed by atoms with E-state index >= 15 is 0 Å². The Kier molecular flexibility index (Phi) is 4.69. The quantitative estimate of drug-likeness (QED) is 0.911. The minimum atomic E-state index is -0.269. The van der Waals surface area contributed by atoms with Gasteiger partial charge >= 0.3 is 0 Å². The Morgan fingerprint density at radius 3 is 2.80 bits per heavy atom. The summed E-state index contributed by atoms with van der Waals surface area (Å²) in [5.41, 5.74) is 8.07. The smallest absolute Gasteiger partial charge is 0.126 e. The number of hydrogen-bond acceptors (Lipinski definition) is 3. The van der Waals surface area contributed by atoms with E-state index in [4.69, 9.17) is 10.5 Å². The molecule has 2 N–H and O–H groups in total. The van der Waals surface area contributed by atoms with Crippen LogP contribution in [0.1, 0.15) is 29.8 Å². The van der Waals surface area contributed by atoms with E-state index in [0.717, 1.165) is 5.69 Å². The van der Waals surface area contributed by atoms with Crippen molar-refractivity contribution in [3.63, 3.8) is 0 Å². The number of rotatable bonds is 5. The first-order valence-corrected chi connectivity index (χ1v) is 6.66. The van der Waals surface area contributed by atoms with Gasteiger partial charge in [0.05, 0.1) is 6.61 Å². The second-order valence-electron chi connectivity index (χ2n) is 4.85. The maximum Gasteiger partial charge on any atom is 0.126 e. The standard InChI is InChI=1S/C16H19FN2O/c1-11-9-16(14(12(2)18)10-15(11)17)20-8-6-13-5-3-4-7-19-13/h3-5,7,9-10,12H,6,8,18H2,1-2H3. The Hall–Kier alpha value is -1.94. The molecule has 106 valence electrons. The van der Waals surface area contributed by atoms with Crippen molar-refractivity contribution in [1.29, 1.82) is 0 Å². The number of aromatic nitrogens is 1. The van der Waals surface area contributed by atoms with Crippen LogP contribution in [0.5, 0.6) is 5.75 Å². The van der Waals surface area contributed by atoms with Gasteiger partial charge in [-0.25, -0.2) is 4.39 Å². The van der Waals surface area contributed by atoms with Gasteiger partial charge in [0, 0.05) is 29.9 Å². The molecular weight excluding hydrogens is 255 g/mol. The van der Waals surface area contributed by atoms with E-state index in [1.54, 1.807) is 19.2 Å². The summed E-state index contributed by atoms with van der Waals surface area (Å²) in [5.74, 6) is 0.393. The summed E-state index contributed by atoms with van der Waals surface area (Å²) in [7, 11) is 0. The van der Waals surface area contributed by atoms with E-state index in [2.05, 4.69) is 4.98 Å². The van der Waals surface area contributed by atoms with Gasteiger partial charge in [0.1, 0.15) is 11.6 Å². The summed E-state index contributed by atoms with van der Waals surface area (Å²) in [6, 6.07) is 8.66. The Bertz CT molecular complexity index is 570. The Morgan fingerprint density at radius 1 is 1.35 bits per heavy atom. The molecule has 2 rings (SSSR count). The molecule has 0 aliphatic heterocycles. The Morgan fingerprint density at radius 2 is 2.15 bits per heavy atom. The fraction of sp³-hybridized carbons (Fsp3) is 0.312. The van der Waals surface area contributed by atoms with Crippen LogP contribution in [0, 0.1) is 12.7 Å². The Balaban J connectivity index is 2.07. The molecule has 4 heteroatoms. The summed E-state index contributed by atoms with van der Waals surface area (Å²) >= 11 is 0. The molecule has 1 unspecified atom stereocenters. The second kappa shape index (κ2) is 6.48. The number of nitrogens with zero attached hydrogens (tertiary/aromatic N) is 1.